The second kappa shape index (κ2) is 19.5. The van der Waals surface area contributed by atoms with Gasteiger partial charge in [-0.15, -0.1) is 0 Å². The van der Waals surface area contributed by atoms with E-state index in [2.05, 4.69) is 40.3 Å². The number of hydrogen-bond donors (Lipinski definition) is 4. The number of pyridine rings is 1. The molecule has 2 aromatic carbocycles. The van der Waals surface area contributed by atoms with Crippen LogP contribution in [-0.2, 0) is 41.6 Å². The second-order valence-electron chi connectivity index (χ2n) is 18.8. The molecule has 0 spiro atoms. The molecule has 5 heterocycles. The summed E-state index contributed by atoms with van der Waals surface area (Å²) in [4.78, 5) is 86.8. The van der Waals surface area contributed by atoms with Crippen LogP contribution in [0.15, 0.2) is 67.5 Å². The van der Waals surface area contributed by atoms with Crippen molar-refractivity contribution in [2.24, 2.45) is 17.3 Å². The summed E-state index contributed by atoms with van der Waals surface area (Å²) in [7, 11) is 3.28. The molecule has 3 aliphatic rings. The zero-order valence-electron chi connectivity index (χ0n) is 38.6. The number of phenolic OH excluding ortho intramolecular Hbond substituents is 1. The third-order valence-corrected chi connectivity index (χ3v) is 13.0. The van der Waals surface area contributed by atoms with E-state index < -0.39 is 41.4 Å². The van der Waals surface area contributed by atoms with Crippen molar-refractivity contribution in [1.82, 2.24) is 35.5 Å². The SMILES string of the molecule is C=CC(=O)N1CC[C@H](C(=O)N(C)[C@H](C(=O)N[C@H]2Cc3cc(O)cc(c3)-c3ccc4[nH]c(-c5cnccc5[C@H](CC)OC)c(c4c3)CC(C)(C)CO[N+](=O)[C@@H]3CCCN(N3)C2=O)C(C)C)C1. The minimum atomic E-state index is -1.17. The lowest BCUT2D eigenvalue weighted by molar-refractivity contribution is -0.835. The van der Waals surface area contributed by atoms with Crippen molar-refractivity contribution in [3.63, 3.8) is 0 Å². The Balaban J connectivity index is 1.28. The van der Waals surface area contributed by atoms with E-state index in [1.54, 1.807) is 37.4 Å². The Hall–Kier alpha value is -6.13. The number of ether oxygens (including phenoxy) is 1. The first-order valence-electron chi connectivity index (χ1n) is 22.6. The van der Waals surface area contributed by atoms with Crippen LogP contribution in [0.3, 0.4) is 0 Å². The van der Waals surface area contributed by atoms with E-state index in [0.717, 1.165) is 45.3 Å². The van der Waals surface area contributed by atoms with Crippen molar-refractivity contribution in [1.29, 1.82) is 0 Å². The first-order chi connectivity index (χ1) is 31.0. The fourth-order valence-electron chi connectivity index (χ4n) is 9.67. The summed E-state index contributed by atoms with van der Waals surface area (Å²) in [6.45, 7) is 14.3. The summed E-state index contributed by atoms with van der Waals surface area (Å²) in [6.07, 6.45) is 6.36. The smallest absolute Gasteiger partial charge is 0.326 e. The third kappa shape index (κ3) is 10.1. The highest BCUT2D eigenvalue weighted by Crippen LogP contribution is 2.41. The number of nitrogens with one attached hydrogen (secondary N) is 3. The van der Waals surface area contributed by atoms with Gasteiger partial charge in [-0.3, -0.25) is 29.2 Å². The molecule has 2 saturated heterocycles. The fraction of sp³-hybridized carbons (Fsp3) is 0.490. The van der Waals surface area contributed by atoms with Gasteiger partial charge in [0.2, 0.25) is 22.6 Å². The van der Waals surface area contributed by atoms with E-state index in [-0.39, 0.29) is 55.7 Å². The van der Waals surface area contributed by atoms with E-state index in [4.69, 9.17) is 9.57 Å². The molecule has 2 aromatic heterocycles. The van der Waals surface area contributed by atoms with E-state index in [0.29, 0.717) is 48.3 Å². The molecular formula is C49H63N8O8+. The summed E-state index contributed by atoms with van der Waals surface area (Å²) in [5, 5.41) is 16.5. The molecule has 0 unspecified atom stereocenters. The van der Waals surface area contributed by atoms with Gasteiger partial charge in [0.15, 0.2) is 6.61 Å². The van der Waals surface area contributed by atoms with Crippen LogP contribution in [0.2, 0.25) is 0 Å². The molecule has 0 radical (unpaired) electrons. The summed E-state index contributed by atoms with van der Waals surface area (Å²) in [5.41, 5.74) is 9.26. The van der Waals surface area contributed by atoms with E-state index >= 15 is 0 Å². The van der Waals surface area contributed by atoms with E-state index in [1.807, 2.05) is 58.2 Å². The highest BCUT2D eigenvalue weighted by atomic mass is 16.8. The highest BCUT2D eigenvalue weighted by Gasteiger charge is 2.42. The molecule has 0 aliphatic carbocycles. The Morgan fingerprint density at radius 1 is 1.14 bits per heavy atom. The number of carbonyl (C=O) groups excluding carboxylic acids is 4. The number of likely N-dealkylation sites (tertiary alicyclic amines) is 1. The second-order valence-corrected chi connectivity index (χ2v) is 18.8. The summed E-state index contributed by atoms with van der Waals surface area (Å²) < 4.78 is 5.91. The number of H-pyrrole nitrogens is 1. The van der Waals surface area contributed by atoms with Gasteiger partial charge < -0.3 is 29.9 Å². The van der Waals surface area contributed by atoms with Crippen LogP contribution < -0.4 is 10.7 Å². The number of phenols is 1. The van der Waals surface area contributed by atoms with E-state index in [9.17, 15) is 29.2 Å². The number of likely N-dealkylation sites (N-methyl/N-ethyl adjacent to an activating group) is 1. The monoisotopic (exact) mass is 891 g/mol. The maximum atomic E-state index is 14.7. The van der Waals surface area contributed by atoms with Crippen LogP contribution in [0.1, 0.15) is 83.1 Å². The van der Waals surface area contributed by atoms with Gasteiger partial charge in [-0.2, -0.15) is 5.43 Å². The first-order valence-corrected chi connectivity index (χ1v) is 22.6. The number of carbonyl (C=O) groups is 4. The van der Waals surface area contributed by atoms with Crippen LogP contribution in [0, 0.1) is 22.2 Å². The van der Waals surface area contributed by atoms with Crippen molar-refractivity contribution in [3.05, 3.63) is 89.1 Å². The summed E-state index contributed by atoms with van der Waals surface area (Å²) in [6, 6.07) is 11.1. The molecule has 4 aromatic rings. The molecule has 4 N–H and O–H groups in total. The highest BCUT2D eigenvalue weighted by molar-refractivity contribution is 5.95. The number of fused-ring (bicyclic) bond motifs is 6. The zero-order chi connectivity index (χ0) is 46.7. The molecule has 2 fully saturated rings. The molecule has 7 rings (SSSR count). The third-order valence-electron chi connectivity index (χ3n) is 13.0. The first kappa shape index (κ1) is 46.9. The molecule has 0 saturated carbocycles. The molecule has 5 atom stereocenters. The standard InChI is InChI=1S/C49H62N8O8/c1-9-41(64-8)35-15-17-50-26-38(35)44-37-25-49(5,6)28-65-57(63)42-12-11-18-56(53-42)48(62)40(22-30-20-33(23-34(58)21-30)31-13-14-39(51-44)36(37)24-31)52-46(60)45(29(3)4)54(7)47(61)32-16-19-55(27-32)43(59)10-2/h10,13-15,17,20-21,23-24,26,29,32,40-42,45,51,53H,2,9,11-12,16,18-19,22,25,27-28H2,1,3-8H3,(H-,52,58,60)/p+1/t32-,40-,41-,42+,45-/m0/s1. The van der Waals surface area contributed by atoms with Gasteiger partial charge in [0.25, 0.3) is 5.91 Å². The normalized spacial score (nSPS) is 21.1. The van der Waals surface area contributed by atoms with Gasteiger partial charge in [0, 0.05) is 80.9 Å². The minimum Gasteiger partial charge on any atom is -0.508 e. The maximum Gasteiger partial charge on any atom is 0.326 e. The fourth-order valence-corrected chi connectivity index (χ4v) is 9.67. The Morgan fingerprint density at radius 3 is 2.65 bits per heavy atom. The predicted octanol–water partition coefficient (Wildman–Crippen LogP) is 5.99. The molecule has 3 aliphatic heterocycles. The lowest BCUT2D eigenvalue weighted by Gasteiger charge is -2.35. The van der Waals surface area contributed by atoms with Crippen molar-refractivity contribution >= 4 is 34.5 Å². The number of aromatic amines is 1. The van der Waals surface area contributed by atoms with Gasteiger partial charge in [0.05, 0.1) is 22.6 Å². The molecule has 6 bridgehead atoms. The Labute approximate surface area is 380 Å². The van der Waals surface area contributed by atoms with Crippen molar-refractivity contribution < 1.29 is 38.8 Å². The lowest BCUT2D eigenvalue weighted by Crippen LogP contribution is -2.62. The largest absolute Gasteiger partial charge is 0.508 e. The van der Waals surface area contributed by atoms with Gasteiger partial charge in [-0.05, 0) is 95.8 Å². The average molecular weight is 892 g/mol. The summed E-state index contributed by atoms with van der Waals surface area (Å²) in [5.74, 6) is -2.42. The van der Waals surface area contributed by atoms with Crippen LogP contribution in [0.25, 0.3) is 33.3 Å². The van der Waals surface area contributed by atoms with Crippen molar-refractivity contribution in [2.75, 3.05) is 40.4 Å². The Bertz CT molecular complexity index is 2460. The molecule has 346 valence electrons. The van der Waals surface area contributed by atoms with Crippen LogP contribution in [-0.4, -0.2) is 117 Å². The zero-order valence-corrected chi connectivity index (χ0v) is 38.6. The van der Waals surface area contributed by atoms with Gasteiger partial charge in [-0.25, -0.2) is 4.84 Å². The number of amides is 4. The van der Waals surface area contributed by atoms with Gasteiger partial charge >= 0.3 is 6.17 Å². The number of rotatable bonds is 10. The number of aromatic hydroxyl groups is 1. The van der Waals surface area contributed by atoms with Crippen molar-refractivity contribution in [2.45, 2.75) is 97.5 Å². The Kier molecular flexibility index (Phi) is 14.1. The molecule has 16 heteroatoms. The number of methoxy groups -OCH3 is 1. The lowest BCUT2D eigenvalue weighted by atomic mass is 9.84. The quantitative estimate of drug-likeness (QED) is 0.138. The van der Waals surface area contributed by atoms with Gasteiger partial charge in [0.1, 0.15) is 17.8 Å². The van der Waals surface area contributed by atoms with Crippen LogP contribution >= 0.6 is 0 Å². The van der Waals surface area contributed by atoms with Gasteiger partial charge in [-0.1, -0.05) is 53.3 Å². The number of aromatic nitrogens is 2. The predicted molar refractivity (Wildman–Crippen MR) is 246 cm³/mol. The number of hydrazine groups is 1. The van der Waals surface area contributed by atoms with Crippen LogP contribution in [0.4, 0.5) is 0 Å². The van der Waals surface area contributed by atoms with Crippen LogP contribution in [0.5, 0.6) is 5.75 Å². The summed E-state index contributed by atoms with van der Waals surface area (Å²) >= 11 is 0. The molecule has 16 nitrogen and oxygen atoms in total. The minimum absolute atomic E-state index is 0.0198. The maximum absolute atomic E-state index is 14.7. The number of nitrogens with zero attached hydrogens (tertiary/aromatic N) is 5. The average Bonchev–Trinajstić information content (AvgIpc) is 3.92. The Morgan fingerprint density at radius 2 is 1.92 bits per heavy atom. The molecular weight excluding hydrogens is 829 g/mol. The number of hydrogen-bond acceptors (Lipinski definition) is 10. The topological polar surface area (TPSA) is 190 Å². The van der Waals surface area contributed by atoms with E-state index in [1.165, 1.54) is 16.0 Å². The molecule has 65 heavy (non-hydrogen) atoms. The molecule has 4 amide bonds. The van der Waals surface area contributed by atoms with Crippen molar-refractivity contribution in [3.8, 4) is 28.1 Å². The number of benzene rings is 2.